The molecule has 130 valence electrons. The van der Waals surface area contributed by atoms with Crippen molar-refractivity contribution in [2.75, 3.05) is 0 Å². The molecule has 0 atom stereocenters. The zero-order chi connectivity index (χ0) is 18.8. The van der Waals surface area contributed by atoms with E-state index in [9.17, 15) is 0 Å². The molecule has 0 amide bonds. The Balaban J connectivity index is 0. The molecule has 0 N–H and O–H groups in total. The summed E-state index contributed by atoms with van der Waals surface area (Å²) in [5.41, 5.74) is 0. The van der Waals surface area contributed by atoms with E-state index in [-0.39, 0.29) is 0 Å². The SMILES string of the molecule is C=C/C=C(\C=C)Sc1ccc(S/C(C=C)=C/C=C)cc1.CC.CC. The average molecular weight is 359 g/mol. The lowest BCUT2D eigenvalue weighted by atomic mass is 10.4. The van der Waals surface area contributed by atoms with Crippen LogP contribution in [0.4, 0.5) is 0 Å². The van der Waals surface area contributed by atoms with Crippen LogP contribution in [0, 0.1) is 0 Å². The summed E-state index contributed by atoms with van der Waals surface area (Å²) >= 11 is 3.34. The third-order valence-electron chi connectivity index (χ3n) is 2.26. The van der Waals surface area contributed by atoms with E-state index in [0.717, 1.165) is 9.81 Å². The molecule has 0 bridgehead atoms. The maximum absolute atomic E-state index is 3.80. The van der Waals surface area contributed by atoms with Gasteiger partial charge in [-0.25, -0.2) is 0 Å². The molecule has 0 heterocycles. The molecule has 0 spiro atoms. The van der Waals surface area contributed by atoms with Gasteiger partial charge in [0.05, 0.1) is 0 Å². The number of hydrogen-bond acceptors (Lipinski definition) is 2. The molecule has 0 aliphatic heterocycles. The first-order valence-corrected chi connectivity index (χ1v) is 9.73. The molecule has 0 nitrogen and oxygen atoms in total. The van der Waals surface area contributed by atoms with Crippen LogP contribution in [0.25, 0.3) is 0 Å². The van der Waals surface area contributed by atoms with Gasteiger partial charge >= 0.3 is 0 Å². The van der Waals surface area contributed by atoms with Crippen molar-refractivity contribution in [3.05, 3.63) is 96.8 Å². The summed E-state index contributed by atoms with van der Waals surface area (Å²) in [5, 5.41) is 0. The lowest BCUT2D eigenvalue weighted by molar-refractivity contribution is 1.36. The fourth-order valence-corrected chi connectivity index (χ4v) is 2.95. The number of rotatable bonds is 8. The summed E-state index contributed by atoms with van der Waals surface area (Å²) in [6.07, 6.45) is 11.1. The Hall–Kier alpha value is -1.64. The van der Waals surface area contributed by atoms with Gasteiger partial charge in [-0.3, -0.25) is 0 Å². The Kier molecular flexibility index (Phi) is 18.2. The highest BCUT2D eigenvalue weighted by atomic mass is 32.2. The maximum Gasteiger partial charge on any atom is 0.0123 e. The zero-order valence-electron chi connectivity index (χ0n) is 15.4. The van der Waals surface area contributed by atoms with E-state index < -0.39 is 0 Å². The summed E-state index contributed by atoms with van der Waals surface area (Å²) < 4.78 is 0. The third-order valence-corrected chi connectivity index (χ3v) is 4.35. The molecule has 1 aromatic carbocycles. The van der Waals surface area contributed by atoms with Gasteiger partial charge in [0.15, 0.2) is 0 Å². The molecular weight excluding hydrogens is 328 g/mol. The molecule has 0 aliphatic rings. The molecule has 0 saturated carbocycles. The fraction of sp³-hybridized carbons (Fsp3) is 0.182. The minimum absolute atomic E-state index is 1.08. The maximum atomic E-state index is 3.80. The van der Waals surface area contributed by atoms with Crippen LogP contribution in [0.5, 0.6) is 0 Å². The van der Waals surface area contributed by atoms with Crippen molar-refractivity contribution in [3.8, 4) is 0 Å². The molecule has 0 saturated heterocycles. The van der Waals surface area contributed by atoms with Crippen molar-refractivity contribution in [1.82, 2.24) is 0 Å². The summed E-state index contributed by atoms with van der Waals surface area (Å²) in [6, 6.07) is 8.40. The first kappa shape index (κ1) is 24.6. The molecule has 0 fully saturated rings. The molecule has 0 aromatic heterocycles. The highest BCUT2D eigenvalue weighted by Gasteiger charge is 2.00. The lowest BCUT2D eigenvalue weighted by Crippen LogP contribution is -1.76. The third kappa shape index (κ3) is 11.0. The van der Waals surface area contributed by atoms with Gasteiger partial charge in [0.25, 0.3) is 0 Å². The van der Waals surface area contributed by atoms with Gasteiger partial charge in [0.1, 0.15) is 0 Å². The van der Waals surface area contributed by atoms with E-state index in [1.807, 2.05) is 52.0 Å². The molecule has 0 unspecified atom stereocenters. The van der Waals surface area contributed by atoms with Crippen LogP contribution in [0.1, 0.15) is 27.7 Å². The van der Waals surface area contributed by atoms with E-state index in [1.165, 1.54) is 9.79 Å². The minimum Gasteiger partial charge on any atom is -0.0990 e. The number of allylic oxidation sites excluding steroid dienone is 6. The number of benzene rings is 1. The second-order valence-electron chi connectivity index (χ2n) is 3.69. The summed E-state index contributed by atoms with van der Waals surface area (Å²) in [6.45, 7) is 23.0. The van der Waals surface area contributed by atoms with E-state index >= 15 is 0 Å². The summed E-state index contributed by atoms with van der Waals surface area (Å²) in [5.74, 6) is 0. The van der Waals surface area contributed by atoms with Crippen LogP contribution in [0.15, 0.2) is 107 Å². The Bertz CT molecular complexity index is 495. The molecule has 24 heavy (non-hydrogen) atoms. The largest absolute Gasteiger partial charge is 0.0990 e. The predicted molar refractivity (Wildman–Crippen MR) is 118 cm³/mol. The Morgan fingerprint density at radius 1 is 0.667 bits per heavy atom. The first-order chi connectivity index (χ1) is 11.7. The van der Waals surface area contributed by atoms with Gasteiger partial charge < -0.3 is 0 Å². The van der Waals surface area contributed by atoms with Crippen molar-refractivity contribution in [2.24, 2.45) is 0 Å². The van der Waals surface area contributed by atoms with Gasteiger partial charge in [0.2, 0.25) is 0 Å². The van der Waals surface area contributed by atoms with Crippen LogP contribution >= 0.6 is 23.5 Å². The molecule has 1 rings (SSSR count). The average Bonchev–Trinajstić information content (AvgIpc) is 2.65. The van der Waals surface area contributed by atoms with Crippen LogP contribution in [0.3, 0.4) is 0 Å². The van der Waals surface area contributed by atoms with Crippen LogP contribution in [-0.2, 0) is 0 Å². The normalized spacial score (nSPS) is 10.3. The van der Waals surface area contributed by atoms with Crippen LogP contribution < -0.4 is 0 Å². The highest BCUT2D eigenvalue weighted by molar-refractivity contribution is 8.03. The van der Waals surface area contributed by atoms with Gasteiger partial charge in [0, 0.05) is 19.6 Å². The molecule has 2 heteroatoms. The Labute approximate surface area is 157 Å². The highest BCUT2D eigenvalue weighted by Crippen LogP contribution is 2.32. The zero-order valence-corrected chi connectivity index (χ0v) is 17.1. The van der Waals surface area contributed by atoms with Gasteiger partial charge in [-0.15, -0.1) is 0 Å². The van der Waals surface area contributed by atoms with Crippen molar-refractivity contribution in [2.45, 2.75) is 37.5 Å². The van der Waals surface area contributed by atoms with Gasteiger partial charge in [-0.1, -0.05) is 102 Å². The number of thioether (sulfide) groups is 2. The molecule has 0 aliphatic carbocycles. The van der Waals surface area contributed by atoms with Crippen LogP contribution in [-0.4, -0.2) is 0 Å². The van der Waals surface area contributed by atoms with E-state index in [4.69, 9.17) is 0 Å². The van der Waals surface area contributed by atoms with Crippen molar-refractivity contribution < 1.29 is 0 Å². The monoisotopic (exact) mass is 358 g/mol. The van der Waals surface area contributed by atoms with Crippen molar-refractivity contribution in [1.29, 1.82) is 0 Å². The second kappa shape index (κ2) is 17.7. The van der Waals surface area contributed by atoms with Gasteiger partial charge in [-0.2, -0.15) is 0 Å². The Morgan fingerprint density at radius 2 is 0.958 bits per heavy atom. The standard InChI is InChI=1S/C18H18S2.2C2H6/c1-5-9-15(7-3)19-17-11-13-18(14-12-17)20-16(8-4)10-6-2;2*1-2/h5-14H,1-4H2;2*1-2H3/b15-9+,16-10+;;. The topological polar surface area (TPSA) is 0 Å². The van der Waals surface area contributed by atoms with Gasteiger partial charge in [-0.05, 0) is 36.4 Å². The molecule has 1 aromatic rings. The van der Waals surface area contributed by atoms with E-state index in [1.54, 1.807) is 35.7 Å². The first-order valence-electron chi connectivity index (χ1n) is 8.09. The fourth-order valence-electron chi connectivity index (χ4n) is 1.37. The van der Waals surface area contributed by atoms with Crippen LogP contribution in [0.2, 0.25) is 0 Å². The Morgan fingerprint density at radius 3 is 1.17 bits per heavy atom. The van der Waals surface area contributed by atoms with Crippen molar-refractivity contribution in [3.63, 3.8) is 0 Å². The van der Waals surface area contributed by atoms with E-state index in [0.29, 0.717) is 0 Å². The quantitative estimate of drug-likeness (QED) is 0.338. The second-order valence-corrected chi connectivity index (χ2v) is 5.99. The number of hydrogen-bond donors (Lipinski definition) is 0. The minimum atomic E-state index is 1.08. The summed E-state index contributed by atoms with van der Waals surface area (Å²) in [7, 11) is 0. The lowest BCUT2D eigenvalue weighted by Gasteiger charge is -2.05. The molecular formula is C22H30S2. The smallest absolute Gasteiger partial charge is 0.0123 e. The summed E-state index contributed by atoms with van der Waals surface area (Å²) in [4.78, 5) is 4.52. The van der Waals surface area contributed by atoms with Crippen molar-refractivity contribution >= 4 is 23.5 Å². The predicted octanol–water partition coefficient (Wildman–Crippen LogP) is 8.44. The molecule has 0 radical (unpaired) electrons. The van der Waals surface area contributed by atoms with E-state index in [2.05, 4.69) is 50.6 Å².